The highest BCUT2D eigenvalue weighted by Crippen LogP contribution is 2.31. The van der Waals surface area contributed by atoms with Crippen molar-refractivity contribution in [2.45, 2.75) is 6.92 Å². The van der Waals surface area contributed by atoms with Crippen molar-refractivity contribution in [2.24, 2.45) is 4.99 Å². The molecule has 30 heavy (non-hydrogen) atoms. The fourth-order valence-electron chi connectivity index (χ4n) is 2.75. The number of ether oxygens (including phenoxy) is 1. The minimum Gasteiger partial charge on any atom is -0.402 e. The van der Waals surface area contributed by atoms with Gasteiger partial charge in [0.2, 0.25) is 11.8 Å². The molecule has 0 N–H and O–H groups in total. The number of amides is 1. The number of nitrogens with zero attached hydrogens (tertiary/aromatic N) is 3. The summed E-state index contributed by atoms with van der Waals surface area (Å²) < 4.78 is 19.4. The Labute approximate surface area is 179 Å². The molecule has 2 heterocycles. The zero-order chi connectivity index (χ0) is 21.3. The van der Waals surface area contributed by atoms with Gasteiger partial charge in [-0.25, -0.2) is 19.2 Å². The average molecular weight is 442 g/mol. The fourth-order valence-corrected chi connectivity index (χ4v) is 3.71. The molecule has 0 aliphatic carbocycles. The van der Waals surface area contributed by atoms with Crippen LogP contribution in [-0.2, 0) is 14.3 Å². The van der Waals surface area contributed by atoms with Crippen LogP contribution in [0.1, 0.15) is 18.2 Å². The van der Waals surface area contributed by atoms with Crippen molar-refractivity contribution in [1.82, 2.24) is 4.98 Å². The smallest absolute Gasteiger partial charge is 0.363 e. The van der Waals surface area contributed by atoms with Crippen molar-refractivity contribution in [2.75, 3.05) is 4.90 Å². The number of thiazole rings is 1. The lowest BCUT2D eigenvalue weighted by Gasteiger charge is -2.18. The van der Waals surface area contributed by atoms with Gasteiger partial charge in [-0.15, -0.1) is 11.3 Å². The molecule has 1 aromatic heterocycles. The number of benzene rings is 2. The van der Waals surface area contributed by atoms with E-state index in [1.807, 2.05) is 0 Å². The highest BCUT2D eigenvalue weighted by Gasteiger charge is 2.25. The summed E-state index contributed by atoms with van der Waals surface area (Å²) in [5, 5.41) is 2.47. The van der Waals surface area contributed by atoms with E-state index in [-0.39, 0.29) is 22.4 Å². The van der Waals surface area contributed by atoms with Gasteiger partial charge >= 0.3 is 5.97 Å². The molecule has 0 radical (unpaired) electrons. The van der Waals surface area contributed by atoms with E-state index in [0.717, 1.165) is 11.3 Å². The highest BCUT2D eigenvalue weighted by molar-refractivity contribution is 7.14. The minimum absolute atomic E-state index is 0.0667. The number of rotatable bonds is 4. The number of hydrogen-bond donors (Lipinski definition) is 0. The molecular formula is C21H13ClFN3O3S. The van der Waals surface area contributed by atoms with Crippen molar-refractivity contribution in [3.63, 3.8) is 0 Å². The van der Waals surface area contributed by atoms with Crippen molar-refractivity contribution < 1.29 is 18.7 Å². The summed E-state index contributed by atoms with van der Waals surface area (Å²) in [5.41, 5.74) is 1.17. The Morgan fingerprint density at radius 2 is 1.93 bits per heavy atom. The molecule has 0 unspecified atom stereocenters. The molecule has 1 aliphatic heterocycles. The standard InChI is InChI=1S/C21H13ClFN3O3S/c1-12(27)26(18-5-3-2-4-16(18)23)21-24-15(11-30-21)10-17-20(28)29-19(25-17)13-6-8-14(22)9-7-13/h2-11H,1H3. The Balaban J connectivity index is 1.64. The lowest BCUT2D eigenvalue weighted by atomic mass is 10.2. The quantitative estimate of drug-likeness (QED) is 0.423. The van der Waals surface area contributed by atoms with Gasteiger partial charge in [0.15, 0.2) is 10.8 Å². The lowest BCUT2D eigenvalue weighted by molar-refractivity contribution is -0.130. The monoisotopic (exact) mass is 441 g/mol. The Bertz CT molecular complexity index is 1200. The van der Waals surface area contributed by atoms with E-state index in [4.69, 9.17) is 16.3 Å². The van der Waals surface area contributed by atoms with Crippen LogP contribution in [0.25, 0.3) is 6.08 Å². The first-order valence-electron chi connectivity index (χ1n) is 8.71. The van der Waals surface area contributed by atoms with Crippen LogP contribution in [0.4, 0.5) is 15.2 Å². The molecule has 1 aliphatic rings. The first kappa shape index (κ1) is 19.9. The summed E-state index contributed by atoms with van der Waals surface area (Å²) >= 11 is 7.01. The molecule has 150 valence electrons. The second kappa shape index (κ2) is 8.17. The maximum absolute atomic E-state index is 14.2. The second-order valence-electron chi connectivity index (χ2n) is 6.20. The third-order valence-corrected chi connectivity index (χ3v) is 5.20. The van der Waals surface area contributed by atoms with Gasteiger partial charge < -0.3 is 4.74 Å². The van der Waals surface area contributed by atoms with Gasteiger partial charge in [0.05, 0.1) is 11.4 Å². The maximum atomic E-state index is 14.2. The van der Waals surface area contributed by atoms with Crippen LogP contribution < -0.4 is 4.90 Å². The molecule has 6 nitrogen and oxygen atoms in total. The third kappa shape index (κ3) is 4.00. The van der Waals surface area contributed by atoms with E-state index < -0.39 is 17.7 Å². The number of cyclic esters (lactones) is 1. The van der Waals surface area contributed by atoms with Gasteiger partial charge in [0.1, 0.15) is 5.82 Å². The zero-order valence-corrected chi connectivity index (χ0v) is 17.1. The van der Waals surface area contributed by atoms with Gasteiger partial charge in [0.25, 0.3) is 0 Å². The normalized spacial score (nSPS) is 14.6. The summed E-state index contributed by atoms with van der Waals surface area (Å²) in [6, 6.07) is 12.6. The molecule has 9 heteroatoms. The fraction of sp³-hybridized carbons (Fsp3) is 0.0476. The number of esters is 1. The van der Waals surface area contributed by atoms with Crippen molar-refractivity contribution in [1.29, 1.82) is 0 Å². The molecule has 2 aromatic carbocycles. The van der Waals surface area contributed by atoms with Crippen LogP contribution in [0.5, 0.6) is 0 Å². The predicted octanol–water partition coefficient (Wildman–Crippen LogP) is 4.96. The lowest BCUT2D eigenvalue weighted by Crippen LogP contribution is -2.23. The van der Waals surface area contributed by atoms with Crippen LogP contribution in [0.3, 0.4) is 0 Å². The molecular weight excluding hydrogens is 429 g/mol. The summed E-state index contributed by atoms with van der Waals surface area (Å²) in [6.07, 6.45) is 1.45. The molecule has 0 bridgehead atoms. The maximum Gasteiger partial charge on any atom is 0.363 e. The molecule has 1 amide bonds. The second-order valence-corrected chi connectivity index (χ2v) is 7.48. The Morgan fingerprint density at radius 3 is 2.63 bits per heavy atom. The molecule has 0 spiro atoms. The van der Waals surface area contributed by atoms with E-state index in [9.17, 15) is 14.0 Å². The van der Waals surface area contributed by atoms with E-state index in [1.54, 1.807) is 35.7 Å². The van der Waals surface area contributed by atoms with E-state index in [0.29, 0.717) is 16.3 Å². The zero-order valence-electron chi connectivity index (χ0n) is 15.5. The molecule has 4 rings (SSSR count). The van der Waals surface area contributed by atoms with Crippen LogP contribution in [0.15, 0.2) is 64.6 Å². The summed E-state index contributed by atoms with van der Waals surface area (Å²) in [6.45, 7) is 1.32. The van der Waals surface area contributed by atoms with Crippen molar-refractivity contribution >= 4 is 57.6 Å². The van der Waals surface area contributed by atoms with E-state index in [1.165, 1.54) is 36.1 Å². The Kier molecular flexibility index (Phi) is 5.43. The van der Waals surface area contributed by atoms with Crippen molar-refractivity contribution in [3.8, 4) is 0 Å². The van der Waals surface area contributed by atoms with E-state index >= 15 is 0 Å². The Hall–Kier alpha value is -3.36. The summed E-state index contributed by atoms with van der Waals surface area (Å²) in [7, 11) is 0. The summed E-state index contributed by atoms with van der Waals surface area (Å²) in [5.74, 6) is -1.39. The third-order valence-electron chi connectivity index (χ3n) is 4.11. The average Bonchev–Trinajstić information content (AvgIpc) is 3.31. The number of carbonyl (C=O) groups is 2. The van der Waals surface area contributed by atoms with E-state index in [2.05, 4.69) is 9.98 Å². The Morgan fingerprint density at radius 1 is 1.20 bits per heavy atom. The number of para-hydroxylation sites is 1. The molecule has 0 saturated carbocycles. The highest BCUT2D eigenvalue weighted by atomic mass is 35.5. The molecule has 0 fully saturated rings. The number of halogens is 2. The molecule has 3 aromatic rings. The van der Waals surface area contributed by atoms with Gasteiger partial charge in [-0.3, -0.25) is 9.69 Å². The van der Waals surface area contributed by atoms with Gasteiger partial charge in [0, 0.05) is 22.9 Å². The number of hydrogen-bond acceptors (Lipinski definition) is 6. The number of aromatic nitrogens is 1. The largest absolute Gasteiger partial charge is 0.402 e. The van der Waals surface area contributed by atoms with Crippen molar-refractivity contribution in [3.05, 3.63) is 81.7 Å². The number of anilines is 2. The molecule has 0 atom stereocenters. The minimum atomic E-state index is -0.618. The van der Waals surface area contributed by atoms with Crippen LogP contribution in [0, 0.1) is 5.82 Å². The first-order valence-corrected chi connectivity index (χ1v) is 9.97. The molecule has 0 saturated heterocycles. The number of carbonyl (C=O) groups excluding carboxylic acids is 2. The first-order chi connectivity index (χ1) is 14.4. The summed E-state index contributed by atoms with van der Waals surface area (Å²) in [4.78, 5) is 34.0. The predicted molar refractivity (Wildman–Crippen MR) is 113 cm³/mol. The van der Waals surface area contributed by atoms with Crippen LogP contribution in [-0.4, -0.2) is 22.8 Å². The van der Waals surface area contributed by atoms with Gasteiger partial charge in [-0.05, 0) is 42.5 Å². The van der Waals surface area contributed by atoms with Crippen LogP contribution in [0.2, 0.25) is 5.02 Å². The van der Waals surface area contributed by atoms with Crippen LogP contribution >= 0.6 is 22.9 Å². The number of aliphatic imine (C=N–C) groups is 1. The SMILES string of the molecule is CC(=O)N(c1nc(C=C2N=C(c3ccc(Cl)cc3)OC2=O)cs1)c1ccccc1F. The topological polar surface area (TPSA) is 71.9 Å². The van der Waals surface area contributed by atoms with Gasteiger partial charge in [-0.1, -0.05) is 23.7 Å². The van der Waals surface area contributed by atoms with Gasteiger partial charge in [-0.2, -0.15) is 0 Å².